The number of aliphatic carboxylic acids is 1. The van der Waals surface area contributed by atoms with Gasteiger partial charge in [-0.05, 0) is 0 Å². The van der Waals surface area contributed by atoms with E-state index in [-0.39, 0.29) is 0 Å². The highest BCUT2D eigenvalue weighted by molar-refractivity contribution is 7.99. The van der Waals surface area contributed by atoms with Crippen LogP contribution in [0.25, 0.3) is 5.65 Å². The van der Waals surface area contributed by atoms with Crippen LogP contribution in [0, 0.1) is 5.92 Å². The summed E-state index contributed by atoms with van der Waals surface area (Å²) in [7, 11) is 0. The number of aromatic nitrogens is 4. The predicted molar refractivity (Wildman–Crippen MR) is 58.3 cm³/mol. The molecular weight excluding hydrogens is 228 g/mol. The molecule has 0 aliphatic carbocycles. The molecule has 0 aliphatic heterocycles. The van der Waals surface area contributed by atoms with Crippen molar-refractivity contribution < 1.29 is 9.90 Å². The zero-order valence-corrected chi connectivity index (χ0v) is 9.39. The molecule has 0 aliphatic rings. The monoisotopic (exact) mass is 238 g/mol. The lowest BCUT2D eigenvalue weighted by molar-refractivity contribution is -0.140. The second-order valence-electron chi connectivity index (χ2n) is 3.34. The molecule has 0 saturated carbocycles. The van der Waals surface area contributed by atoms with Gasteiger partial charge in [0.15, 0.2) is 5.65 Å². The predicted octanol–water partition coefficient (Wildman–Crippen LogP) is 0.937. The maximum Gasteiger partial charge on any atom is 0.307 e. The standard InChI is InChI=1S/C9H10N4O2S/c1-6(9(14)15)4-16-8-7-12-11-5-13(7)3-2-10-8/h2-3,5-6H,4H2,1H3,(H,14,15). The van der Waals surface area contributed by atoms with Gasteiger partial charge < -0.3 is 5.11 Å². The maximum atomic E-state index is 10.7. The van der Waals surface area contributed by atoms with Crippen molar-refractivity contribution in [3.8, 4) is 0 Å². The van der Waals surface area contributed by atoms with Gasteiger partial charge in [-0.25, -0.2) is 4.98 Å². The van der Waals surface area contributed by atoms with Crippen LogP contribution in [-0.2, 0) is 4.79 Å². The van der Waals surface area contributed by atoms with E-state index in [0.717, 1.165) is 0 Å². The Morgan fingerprint density at radius 2 is 2.50 bits per heavy atom. The van der Waals surface area contributed by atoms with Crippen molar-refractivity contribution in [2.24, 2.45) is 5.92 Å². The summed E-state index contributed by atoms with van der Waals surface area (Å²) in [5.74, 6) is -0.745. The molecule has 2 rings (SSSR count). The van der Waals surface area contributed by atoms with Crippen molar-refractivity contribution in [3.05, 3.63) is 18.7 Å². The summed E-state index contributed by atoms with van der Waals surface area (Å²) in [6.45, 7) is 1.67. The van der Waals surface area contributed by atoms with Crippen molar-refractivity contribution in [3.63, 3.8) is 0 Å². The fourth-order valence-electron chi connectivity index (χ4n) is 1.11. The molecule has 1 atom stereocenters. The van der Waals surface area contributed by atoms with Gasteiger partial charge in [0.05, 0.1) is 5.92 Å². The largest absolute Gasteiger partial charge is 0.481 e. The summed E-state index contributed by atoms with van der Waals surface area (Å²) in [5.41, 5.74) is 0.657. The minimum atomic E-state index is -0.805. The van der Waals surface area contributed by atoms with Crippen molar-refractivity contribution in [1.29, 1.82) is 0 Å². The average Bonchev–Trinajstić information content (AvgIpc) is 2.73. The third-order valence-corrected chi connectivity index (χ3v) is 3.30. The Hall–Kier alpha value is -1.63. The molecule has 1 unspecified atom stereocenters. The van der Waals surface area contributed by atoms with Gasteiger partial charge in [-0.2, -0.15) is 0 Å². The van der Waals surface area contributed by atoms with Gasteiger partial charge in [0.1, 0.15) is 11.4 Å². The van der Waals surface area contributed by atoms with Crippen molar-refractivity contribution in [2.75, 3.05) is 5.75 Å². The second kappa shape index (κ2) is 4.48. The first-order chi connectivity index (χ1) is 7.68. The van der Waals surface area contributed by atoms with Crippen molar-refractivity contribution in [2.45, 2.75) is 11.9 Å². The zero-order valence-electron chi connectivity index (χ0n) is 8.57. The van der Waals surface area contributed by atoms with Gasteiger partial charge in [0.2, 0.25) is 0 Å². The first kappa shape index (κ1) is 10.9. The van der Waals surface area contributed by atoms with E-state index < -0.39 is 11.9 Å². The van der Waals surface area contributed by atoms with E-state index in [1.807, 2.05) is 0 Å². The number of hydrogen-bond donors (Lipinski definition) is 1. The van der Waals surface area contributed by atoms with Crippen LogP contribution >= 0.6 is 11.8 Å². The molecule has 16 heavy (non-hydrogen) atoms. The summed E-state index contributed by atoms with van der Waals surface area (Å²) in [6.07, 6.45) is 4.98. The molecule has 0 amide bonds. The summed E-state index contributed by atoms with van der Waals surface area (Å²) < 4.78 is 1.75. The van der Waals surface area contributed by atoms with Crippen LogP contribution in [0.15, 0.2) is 23.7 Å². The number of carboxylic acid groups (broad SMARTS) is 1. The summed E-state index contributed by atoms with van der Waals surface area (Å²) in [4.78, 5) is 14.8. The molecule has 0 bridgehead atoms. The van der Waals surface area contributed by atoms with E-state index >= 15 is 0 Å². The highest BCUT2D eigenvalue weighted by Crippen LogP contribution is 2.21. The molecule has 6 nitrogen and oxygen atoms in total. The smallest absolute Gasteiger partial charge is 0.307 e. The Kier molecular flexibility index (Phi) is 3.04. The fraction of sp³-hybridized carbons (Fsp3) is 0.333. The quantitative estimate of drug-likeness (QED) is 0.798. The fourth-order valence-corrected chi connectivity index (χ4v) is 2.07. The van der Waals surface area contributed by atoms with Gasteiger partial charge in [-0.3, -0.25) is 9.20 Å². The zero-order chi connectivity index (χ0) is 11.5. The minimum Gasteiger partial charge on any atom is -0.481 e. The van der Waals surface area contributed by atoms with Crippen molar-refractivity contribution in [1.82, 2.24) is 19.6 Å². The maximum absolute atomic E-state index is 10.7. The highest BCUT2D eigenvalue weighted by Gasteiger charge is 2.13. The number of thioether (sulfide) groups is 1. The first-order valence-electron chi connectivity index (χ1n) is 4.68. The summed E-state index contributed by atoms with van der Waals surface area (Å²) in [6, 6.07) is 0. The van der Waals surface area contributed by atoms with Crippen LogP contribution in [0.4, 0.5) is 0 Å². The molecule has 0 fully saturated rings. The molecule has 2 aromatic heterocycles. The normalized spacial score (nSPS) is 12.8. The topological polar surface area (TPSA) is 80.4 Å². The molecular formula is C9H10N4O2S. The van der Waals surface area contributed by atoms with Crippen LogP contribution in [0.3, 0.4) is 0 Å². The molecule has 0 radical (unpaired) electrons. The van der Waals surface area contributed by atoms with E-state index in [9.17, 15) is 4.79 Å². The molecule has 0 aromatic carbocycles. The van der Waals surface area contributed by atoms with Crippen LogP contribution in [0.2, 0.25) is 0 Å². The third kappa shape index (κ3) is 2.13. The Bertz CT molecular complexity index is 513. The lowest BCUT2D eigenvalue weighted by atomic mass is 10.2. The number of hydrogen-bond acceptors (Lipinski definition) is 5. The first-order valence-corrected chi connectivity index (χ1v) is 5.67. The van der Waals surface area contributed by atoms with Gasteiger partial charge in [-0.15, -0.1) is 22.0 Å². The third-order valence-electron chi connectivity index (χ3n) is 2.08. The van der Waals surface area contributed by atoms with Gasteiger partial charge in [-0.1, -0.05) is 6.92 Å². The number of carboxylic acids is 1. The second-order valence-corrected chi connectivity index (χ2v) is 4.35. The Morgan fingerprint density at radius 3 is 3.25 bits per heavy atom. The van der Waals surface area contributed by atoms with Crippen LogP contribution in [0.1, 0.15) is 6.92 Å². The Balaban J connectivity index is 2.15. The number of nitrogens with zero attached hydrogens (tertiary/aromatic N) is 4. The average molecular weight is 238 g/mol. The minimum absolute atomic E-state index is 0.407. The number of carbonyl (C=O) groups is 1. The van der Waals surface area contributed by atoms with E-state index in [0.29, 0.717) is 16.4 Å². The Morgan fingerprint density at radius 1 is 1.69 bits per heavy atom. The van der Waals surface area contributed by atoms with E-state index in [1.165, 1.54) is 11.8 Å². The lowest BCUT2D eigenvalue weighted by Gasteiger charge is -2.05. The molecule has 2 aromatic rings. The van der Waals surface area contributed by atoms with Crippen molar-refractivity contribution >= 4 is 23.4 Å². The number of rotatable bonds is 4. The van der Waals surface area contributed by atoms with Crippen LogP contribution in [-0.4, -0.2) is 36.4 Å². The molecule has 84 valence electrons. The highest BCUT2D eigenvalue weighted by atomic mass is 32.2. The number of fused-ring (bicyclic) bond motifs is 1. The van der Waals surface area contributed by atoms with Crippen LogP contribution in [0.5, 0.6) is 0 Å². The van der Waals surface area contributed by atoms with Gasteiger partial charge >= 0.3 is 5.97 Å². The molecule has 1 N–H and O–H groups in total. The summed E-state index contributed by atoms with van der Waals surface area (Å²) in [5, 5.41) is 17.2. The molecule has 2 heterocycles. The van der Waals surface area contributed by atoms with Crippen LogP contribution < -0.4 is 0 Å². The van der Waals surface area contributed by atoms with Gasteiger partial charge in [0.25, 0.3) is 0 Å². The summed E-state index contributed by atoms with van der Waals surface area (Å²) >= 11 is 1.38. The molecule has 0 saturated heterocycles. The molecule has 7 heteroatoms. The van der Waals surface area contributed by atoms with E-state index in [2.05, 4.69) is 15.2 Å². The van der Waals surface area contributed by atoms with Gasteiger partial charge in [0, 0.05) is 18.1 Å². The van der Waals surface area contributed by atoms with E-state index in [1.54, 1.807) is 30.0 Å². The lowest BCUT2D eigenvalue weighted by Crippen LogP contribution is -2.11. The molecule has 0 spiro atoms. The van der Waals surface area contributed by atoms with E-state index in [4.69, 9.17) is 5.11 Å². The SMILES string of the molecule is CC(CSc1nccn2cnnc12)C(=O)O. The Labute approximate surface area is 95.7 Å².